The highest BCUT2D eigenvalue weighted by Gasteiger charge is 2.38. The van der Waals surface area contributed by atoms with Gasteiger partial charge in [-0.25, -0.2) is 4.39 Å². The molecular formula is C29H29F4N3O. The van der Waals surface area contributed by atoms with Crippen molar-refractivity contribution in [1.29, 1.82) is 0 Å². The maximum absolute atomic E-state index is 13.3. The number of amides is 1. The molecular weight excluding hydrogens is 482 g/mol. The van der Waals surface area contributed by atoms with Crippen LogP contribution in [-0.4, -0.2) is 61.5 Å². The molecule has 0 aromatic heterocycles. The molecule has 0 spiro atoms. The van der Waals surface area contributed by atoms with E-state index < -0.39 is 11.7 Å². The Morgan fingerprint density at radius 3 is 2.22 bits per heavy atom. The SMILES string of the molecule is O=C(c1cccc(C(F)(F)F)c1)N1C[C@H](CN2CCN(c3ccc(F)cc3)CC2)[C@@H](c2ccccc2)C1. The van der Waals surface area contributed by atoms with Crippen LogP contribution in [0.15, 0.2) is 78.9 Å². The molecule has 4 nitrogen and oxygen atoms in total. The van der Waals surface area contributed by atoms with Crippen LogP contribution in [0.4, 0.5) is 23.2 Å². The van der Waals surface area contributed by atoms with Crippen molar-refractivity contribution in [3.05, 3.63) is 101 Å². The molecule has 194 valence electrons. The molecule has 2 aliphatic rings. The fraction of sp³-hybridized carbons (Fsp3) is 0.345. The van der Waals surface area contributed by atoms with E-state index in [0.29, 0.717) is 13.1 Å². The second kappa shape index (κ2) is 10.5. The molecule has 0 saturated carbocycles. The van der Waals surface area contributed by atoms with E-state index in [4.69, 9.17) is 0 Å². The Morgan fingerprint density at radius 2 is 1.54 bits per heavy atom. The summed E-state index contributed by atoms with van der Waals surface area (Å²) >= 11 is 0. The van der Waals surface area contributed by atoms with Gasteiger partial charge in [-0.3, -0.25) is 9.69 Å². The molecule has 0 aliphatic carbocycles. The number of carbonyl (C=O) groups is 1. The summed E-state index contributed by atoms with van der Waals surface area (Å²) in [4.78, 5) is 19.6. The second-order valence-electron chi connectivity index (χ2n) is 9.83. The lowest BCUT2D eigenvalue weighted by Crippen LogP contribution is -2.48. The first-order valence-corrected chi connectivity index (χ1v) is 12.5. The quantitative estimate of drug-likeness (QED) is 0.422. The molecule has 5 rings (SSSR count). The molecule has 0 radical (unpaired) electrons. The monoisotopic (exact) mass is 511 g/mol. The van der Waals surface area contributed by atoms with Gasteiger partial charge in [0.15, 0.2) is 0 Å². The molecule has 3 aromatic carbocycles. The van der Waals surface area contributed by atoms with Gasteiger partial charge in [0.2, 0.25) is 0 Å². The van der Waals surface area contributed by atoms with Crippen LogP contribution in [0.1, 0.15) is 27.4 Å². The lowest BCUT2D eigenvalue weighted by atomic mass is 9.88. The van der Waals surface area contributed by atoms with Crippen LogP contribution in [0, 0.1) is 11.7 Å². The minimum Gasteiger partial charge on any atom is -0.369 e. The number of likely N-dealkylation sites (tertiary alicyclic amines) is 1. The number of nitrogens with zero attached hydrogens (tertiary/aromatic N) is 3. The number of halogens is 4. The fourth-order valence-corrected chi connectivity index (χ4v) is 5.48. The van der Waals surface area contributed by atoms with E-state index in [2.05, 4.69) is 21.9 Å². The highest BCUT2D eigenvalue weighted by atomic mass is 19.4. The van der Waals surface area contributed by atoms with E-state index in [1.54, 1.807) is 17.0 Å². The Kier molecular flexibility index (Phi) is 7.20. The number of rotatable bonds is 5. The summed E-state index contributed by atoms with van der Waals surface area (Å²) in [6, 6.07) is 21.2. The summed E-state index contributed by atoms with van der Waals surface area (Å²) in [5.74, 6) is -0.351. The van der Waals surface area contributed by atoms with Crippen molar-refractivity contribution in [2.45, 2.75) is 12.1 Å². The van der Waals surface area contributed by atoms with Gasteiger partial charge in [0, 0.05) is 63.0 Å². The molecule has 3 aromatic rings. The predicted molar refractivity (Wildman–Crippen MR) is 135 cm³/mol. The molecule has 37 heavy (non-hydrogen) atoms. The third-order valence-corrected chi connectivity index (χ3v) is 7.45. The molecule has 2 atom stereocenters. The van der Waals surface area contributed by atoms with Crippen molar-refractivity contribution in [2.75, 3.05) is 50.7 Å². The Morgan fingerprint density at radius 1 is 0.838 bits per heavy atom. The number of alkyl halides is 3. The number of benzene rings is 3. The standard InChI is InChI=1S/C29H29F4N3O/c30-25-9-11-26(12-10-25)35-15-13-34(14-16-35)18-23-19-36(20-27(23)21-5-2-1-3-6-21)28(37)22-7-4-8-24(17-22)29(31,32)33/h1-12,17,23,27H,13-16,18-20H2/t23-,27+/m0/s1. The zero-order valence-electron chi connectivity index (χ0n) is 20.4. The van der Waals surface area contributed by atoms with Crippen LogP contribution < -0.4 is 4.90 Å². The van der Waals surface area contributed by atoms with Gasteiger partial charge in [-0.15, -0.1) is 0 Å². The minimum atomic E-state index is -4.49. The van der Waals surface area contributed by atoms with Crippen molar-refractivity contribution in [3.8, 4) is 0 Å². The largest absolute Gasteiger partial charge is 0.416 e. The Balaban J connectivity index is 1.28. The first-order valence-electron chi connectivity index (χ1n) is 12.5. The Labute approximate surface area is 214 Å². The van der Waals surface area contributed by atoms with Crippen LogP contribution in [0.3, 0.4) is 0 Å². The van der Waals surface area contributed by atoms with Crippen molar-refractivity contribution in [2.24, 2.45) is 5.92 Å². The van der Waals surface area contributed by atoms with E-state index in [1.165, 1.54) is 24.3 Å². The van der Waals surface area contributed by atoms with Gasteiger partial charge < -0.3 is 9.80 Å². The molecule has 0 bridgehead atoms. The van der Waals surface area contributed by atoms with Crippen LogP contribution >= 0.6 is 0 Å². The molecule has 2 heterocycles. The molecule has 2 fully saturated rings. The highest BCUT2D eigenvalue weighted by molar-refractivity contribution is 5.94. The zero-order chi connectivity index (χ0) is 26.0. The summed E-state index contributed by atoms with van der Waals surface area (Å²) < 4.78 is 52.9. The highest BCUT2D eigenvalue weighted by Crippen LogP contribution is 2.35. The summed E-state index contributed by atoms with van der Waals surface area (Å²) in [5.41, 5.74) is 1.39. The van der Waals surface area contributed by atoms with Crippen LogP contribution in [0.2, 0.25) is 0 Å². The first kappa shape index (κ1) is 25.3. The van der Waals surface area contributed by atoms with E-state index in [0.717, 1.165) is 56.1 Å². The number of hydrogen-bond acceptors (Lipinski definition) is 3. The van der Waals surface area contributed by atoms with E-state index in [-0.39, 0.29) is 29.1 Å². The van der Waals surface area contributed by atoms with E-state index in [9.17, 15) is 22.4 Å². The van der Waals surface area contributed by atoms with E-state index in [1.807, 2.05) is 18.2 Å². The molecule has 0 unspecified atom stereocenters. The first-order chi connectivity index (χ1) is 17.8. The second-order valence-corrected chi connectivity index (χ2v) is 9.83. The molecule has 1 amide bonds. The van der Waals surface area contributed by atoms with Gasteiger partial charge in [-0.05, 0) is 53.9 Å². The average molecular weight is 512 g/mol. The third kappa shape index (κ3) is 5.80. The fourth-order valence-electron chi connectivity index (χ4n) is 5.48. The Bertz CT molecular complexity index is 1210. The smallest absolute Gasteiger partial charge is 0.369 e. The van der Waals surface area contributed by atoms with Crippen LogP contribution in [-0.2, 0) is 6.18 Å². The zero-order valence-corrected chi connectivity index (χ0v) is 20.4. The van der Waals surface area contributed by atoms with Crippen LogP contribution in [0.5, 0.6) is 0 Å². The average Bonchev–Trinajstić information content (AvgIpc) is 3.33. The maximum Gasteiger partial charge on any atom is 0.416 e. The minimum absolute atomic E-state index is 0.0650. The van der Waals surface area contributed by atoms with Crippen molar-refractivity contribution < 1.29 is 22.4 Å². The molecule has 0 N–H and O–H groups in total. The van der Waals surface area contributed by atoms with Gasteiger partial charge in [0.05, 0.1) is 5.56 Å². The van der Waals surface area contributed by atoms with E-state index >= 15 is 0 Å². The number of anilines is 1. The maximum atomic E-state index is 13.3. The number of piperazine rings is 1. The topological polar surface area (TPSA) is 26.8 Å². The molecule has 8 heteroatoms. The Hall–Kier alpha value is -3.39. The van der Waals surface area contributed by atoms with Gasteiger partial charge in [0.25, 0.3) is 5.91 Å². The van der Waals surface area contributed by atoms with Gasteiger partial charge in [-0.1, -0.05) is 36.4 Å². The predicted octanol–water partition coefficient (Wildman–Crippen LogP) is 5.52. The molecule has 2 aliphatic heterocycles. The summed E-state index contributed by atoms with van der Waals surface area (Å²) in [7, 11) is 0. The lowest BCUT2D eigenvalue weighted by molar-refractivity contribution is -0.137. The van der Waals surface area contributed by atoms with Crippen molar-refractivity contribution in [3.63, 3.8) is 0 Å². The van der Waals surface area contributed by atoms with Crippen molar-refractivity contribution in [1.82, 2.24) is 9.80 Å². The van der Waals surface area contributed by atoms with Gasteiger partial charge >= 0.3 is 6.18 Å². The molecule has 2 saturated heterocycles. The third-order valence-electron chi connectivity index (χ3n) is 7.45. The van der Waals surface area contributed by atoms with Gasteiger partial charge in [-0.2, -0.15) is 13.2 Å². The van der Waals surface area contributed by atoms with Gasteiger partial charge in [0.1, 0.15) is 5.82 Å². The summed E-state index contributed by atoms with van der Waals surface area (Å²) in [6.07, 6.45) is -4.49. The summed E-state index contributed by atoms with van der Waals surface area (Å²) in [6.45, 7) is 5.09. The summed E-state index contributed by atoms with van der Waals surface area (Å²) in [5, 5.41) is 0. The normalized spacial score (nSPS) is 20.9. The van der Waals surface area contributed by atoms with Crippen molar-refractivity contribution >= 4 is 11.6 Å². The number of hydrogen-bond donors (Lipinski definition) is 0. The van der Waals surface area contributed by atoms with Crippen LogP contribution in [0.25, 0.3) is 0 Å². The number of carbonyl (C=O) groups excluding carboxylic acids is 1. The lowest BCUT2D eigenvalue weighted by Gasteiger charge is -2.37.